The molecule has 0 saturated carbocycles. The smallest absolute Gasteiger partial charge is 0.410 e. The average Bonchev–Trinajstić information content (AvgIpc) is 2.34. The van der Waals surface area contributed by atoms with E-state index in [4.69, 9.17) is 9.84 Å². The van der Waals surface area contributed by atoms with Crippen LogP contribution in [0, 0.1) is 5.92 Å². The molecule has 0 aromatic carbocycles. The van der Waals surface area contributed by atoms with Crippen LogP contribution in [0.5, 0.6) is 0 Å². The first-order chi connectivity index (χ1) is 8.50. The third-order valence-electron chi connectivity index (χ3n) is 2.72. The van der Waals surface area contributed by atoms with Crippen LogP contribution in [0.2, 0.25) is 0 Å². The lowest BCUT2D eigenvalue weighted by Crippen LogP contribution is -2.44. The Morgan fingerprint density at radius 1 is 1.37 bits per heavy atom. The van der Waals surface area contributed by atoms with Gasteiger partial charge in [0.2, 0.25) is 0 Å². The molecule has 1 heterocycles. The Bertz CT molecular complexity index is 365. The van der Waals surface area contributed by atoms with Gasteiger partial charge in [0.05, 0.1) is 12.5 Å². The Kier molecular flexibility index (Phi) is 4.37. The highest BCUT2D eigenvalue weighted by Gasteiger charge is 2.41. The van der Waals surface area contributed by atoms with E-state index in [0.717, 1.165) is 4.90 Å². The fourth-order valence-corrected chi connectivity index (χ4v) is 1.83. The maximum Gasteiger partial charge on any atom is 0.410 e. The molecule has 1 aliphatic rings. The maximum atomic E-state index is 13.5. The zero-order chi connectivity index (χ0) is 14.8. The Hall–Kier alpha value is -1.40. The Balaban J connectivity index is 2.83. The summed E-state index contributed by atoms with van der Waals surface area (Å²) < 4.78 is 32.0. The molecular formula is C12H19F2NO4. The molecule has 0 aromatic heterocycles. The summed E-state index contributed by atoms with van der Waals surface area (Å²) in [7, 11) is 0. The largest absolute Gasteiger partial charge is 0.481 e. The van der Waals surface area contributed by atoms with Crippen LogP contribution < -0.4 is 0 Å². The second-order valence-corrected chi connectivity index (χ2v) is 5.79. The van der Waals surface area contributed by atoms with Crippen LogP contribution in [0.4, 0.5) is 13.6 Å². The summed E-state index contributed by atoms with van der Waals surface area (Å²) in [6, 6.07) is 0. The van der Waals surface area contributed by atoms with E-state index in [1.54, 1.807) is 20.8 Å². The van der Waals surface area contributed by atoms with Crippen molar-refractivity contribution in [1.82, 2.24) is 4.90 Å². The number of carbonyl (C=O) groups is 2. The summed E-state index contributed by atoms with van der Waals surface area (Å²) in [5.41, 5.74) is -0.808. The molecule has 1 fully saturated rings. The minimum absolute atomic E-state index is 0.151. The molecule has 0 bridgehead atoms. The molecule has 1 N–H and O–H groups in total. The van der Waals surface area contributed by atoms with E-state index in [2.05, 4.69) is 0 Å². The fraction of sp³-hybridized carbons (Fsp3) is 0.833. The fourth-order valence-electron chi connectivity index (χ4n) is 1.83. The van der Waals surface area contributed by atoms with Gasteiger partial charge >= 0.3 is 12.1 Å². The van der Waals surface area contributed by atoms with Crippen molar-refractivity contribution in [2.45, 2.75) is 45.1 Å². The summed E-state index contributed by atoms with van der Waals surface area (Å²) in [5.74, 6) is -5.24. The third kappa shape index (κ3) is 5.00. The van der Waals surface area contributed by atoms with Gasteiger partial charge in [0.1, 0.15) is 5.60 Å². The molecule has 0 unspecified atom stereocenters. The van der Waals surface area contributed by atoms with Crippen LogP contribution in [0.1, 0.15) is 33.6 Å². The van der Waals surface area contributed by atoms with Crippen LogP contribution in [0.15, 0.2) is 0 Å². The Labute approximate surface area is 110 Å². The normalized spacial score (nSPS) is 23.6. The number of carboxylic acids is 1. The van der Waals surface area contributed by atoms with Crippen LogP contribution >= 0.6 is 0 Å². The van der Waals surface area contributed by atoms with Crippen LogP contribution in [-0.2, 0) is 9.53 Å². The van der Waals surface area contributed by atoms with Crippen LogP contribution in [0.3, 0.4) is 0 Å². The molecule has 1 atom stereocenters. The number of rotatable bonds is 1. The van der Waals surface area contributed by atoms with Crippen molar-refractivity contribution in [3.8, 4) is 0 Å². The summed E-state index contributed by atoms with van der Waals surface area (Å²) >= 11 is 0. The molecular weight excluding hydrogens is 260 g/mol. The van der Waals surface area contributed by atoms with Gasteiger partial charge in [0.15, 0.2) is 0 Å². The zero-order valence-electron chi connectivity index (χ0n) is 11.3. The molecule has 0 aliphatic carbocycles. The summed E-state index contributed by atoms with van der Waals surface area (Å²) in [5, 5.41) is 8.94. The number of aliphatic carboxylic acids is 1. The minimum Gasteiger partial charge on any atom is -0.481 e. The molecule has 1 rings (SSSR count). The first-order valence-corrected chi connectivity index (χ1v) is 6.09. The highest BCUT2D eigenvalue weighted by molar-refractivity contribution is 5.73. The van der Waals surface area contributed by atoms with Crippen molar-refractivity contribution in [1.29, 1.82) is 0 Å². The van der Waals surface area contributed by atoms with Crippen molar-refractivity contribution < 1.29 is 28.2 Å². The second kappa shape index (κ2) is 5.30. The average molecular weight is 279 g/mol. The first kappa shape index (κ1) is 15.7. The van der Waals surface area contributed by atoms with E-state index in [1.165, 1.54) is 0 Å². The number of hydrogen-bond acceptors (Lipinski definition) is 3. The number of likely N-dealkylation sites (tertiary alicyclic amines) is 1. The predicted octanol–water partition coefficient (Wildman–Crippen LogP) is 2.35. The highest BCUT2D eigenvalue weighted by Crippen LogP contribution is 2.29. The van der Waals surface area contributed by atoms with Gasteiger partial charge in [-0.25, -0.2) is 13.6 Å². The molecule has 0 spiro atoms. The molecule has 19 heavy (non-hydrogen) atoms. The highest BCUT2D eigenvalue weighted by atomic mass is 19.3. The van der Waals surface area contributed by atoms with Crippen molar-refractivity contribution in [2.75, 3.05) is 13.1 Å². The molecule has 0 aromatic rings. The number of hydrogen-bond donors (Lipinski definition) is 1. The van der Waals surface area contributed by atoms with E-state index in [1.807, 2.05) is 0 Å². The SMILES string of the molecule is CC(C)(C)OC(=O)N1C[C@H](C(=O)O)CCC(F)(F)C1. The lowest BCUT2D eigenvalue weighted by atomic mass is 10.0. The molecule has 1 amide bonds. The number of carbonyl (C=O) groups excluding carboxylic acids is 1. The van der Waals surface area contributed by atoms with Gasteiger partial charge in [-0.15, -0.1) is 0 Å². The summed E-state index contributed by atoms with van der Waals surface area (Å²) in [4.78, 5) is 23.5. The van der Waals surface area contributed by atoms with E-state index in [0.29, 0.717) is 0 Å². The van der Waals surface area contributed by atoms with E-state index in [-0.39, 0.29) is 13.0 Å². The van der Waals surface area contributed by atoms with E-state index in [9.17, 15) is 18.4 Å². The molecule has 7 heteroatoms. The molecule has 110 valence electrons. The summed E-state index contributed by atoms with van der Waals surface area (Å²) in [6.45, 7) is 3.81. The first-order valence-electron chi connectivity index (χ1n) is 6.09. The number of nitrogens with zero attached hydrogens (tertiary/aromatic N) is 1. The Morgan fingerprint density at radius 3 is 2.42 bits per heavy atom. The van der Waals surface area contributed by atoms with Gasteiger partial charge < -0.3 is 14.7 Å². The van der Waals surface area contributed by atoms with Crippen molar-refractivity contribution in [2.24, 2.45) is 5.92 Å². The molecule has 5 nitrogen and oxygen atoms in total. The number of halogens is 2. The van der Waals surface area contributed by atoms with Gasteiger partial charge in [-0.3, -0.25) is 4.79 Å². The lowest BCUT2D eigenvalue weighted by molar-refractivity contribution is -0.142. The maximum absolute atomic E-state index is 13.5. The number of alkyl halides is 2. The standard InChI is InChI=1S/C12H19F2NO4/c1-11(2,3)19-10(18)15-6-8(9(16)17)4-5-12(13,14)7-15/h8H,4-7H2,1-3H3,(H,16,17)/t8-/m1/s1. The van der Waals surface area contributed by atoms with Crippen LogP contribution in [0.25, 0.3) is 0 Å². The van der Waals surface area contributed by atoms with Crippen molar-refractivity contribution >= 4 is 12.1 Å². The van der Waals surface area contributed by atoms with Crippen molar-refractivity contribution in [3.05, 3.63) is 0 Å². The van der Waals surface area contributed by atoms with E-state index < -0.39 is 42.5 Å². The second-order valence-electron chi connectivity index (χ2n) is 5.79. The Morgan fingerprint density at radius 2 is 1.95 bits per heavy atom. The number of amides is 1. The third-order valence-corrected chi connectivity index (χ3v) is 2.72. The van der Waals surface area contributed by atoms with Gasteiger partial charge in [-0.05, 0) is 27.2 Å². The number of carboxylic acid groups (broad SMARTS) is 1. The number of ether oxygens (including phenoxy) is 1. The summed E-state index contributed by atoms with van der Waals surface area (Å²) in [6.07, 6.45) is -1.59. The molecule has 1 saturated heterocycles. The van der Waals surface area contributed by atoms with Gasteiger partial charge in [-0.2, -0.15) is 0 Å². The minimum atomic E-state index is -3.08. The molecule has 0 radical (unpaired) electrons. The quantitative estimate of drug-likeness (QED) is 0.800. The van der Waals surface area contributed by atoms with Crippen LogP contribution in [-0.4, -0.2) is 46.7 Å². The van der Waals surface area contributed by atoms with Gasteiger partial charge in [0.25, 0.3) is 5.92 Å². The monoisotopic (exact) mass is 279 g/mol. The molecule has 1 aliphatic heterocycles. The van der Waals surface area contributed by atoms with Gasteiger partial charge in [0, 0.05) is 13.0 Å². The van der Waals surface area contributed by atoms with E-state index >= 15 is 0 Å². The van der Waals surface area contributed by atoms with Gasteiger partial charge in [-0.1, -0.05) is 0 Å². The lowest BCUT2D eigenvalue weighted by Gasteiger charge is -2.28. The predicted molar refractivity (Wildman–Crippen MR) is 63.1 cm³/mol. The topological polar surface area (TPSA) is 66.8 Å². The zero-order valence-corrected chi connectivity index (χ0v) is 11.3. The van der Waals surface area contributed by atoms with Crippen molar-refractivity contribution in [3.63, 3.8) is 0 Å².